The van der Waals surface area contributed by atoms with Crippen LogP contribution in [0.3, 0.4) is 0 Å². The summed E-state index contributed by atoms with van der Waals surface area (Å²) in [7, 11) is 0. The second-order valence-corrected chi connectivity index (χ2v) is 7.99. The fourth-order valence-electron chi connectivity index (χ4n) is 5.58. The predicted octanol–water partition coefficient (Wildman–Crippen LogP) is 3.72. The molecule has 0 radical (unpaired) electrons. The first-order chi connectivity index (χ1) is 8.79. The molecule has 0 aliphatic heterocycles. The van der Waals surface area contributed by atoms with E-state index in [1.807, 2.05) is 11.3 Å². The van der Waals surface area contributed by atoms with Gasteiger partial charge in [-0.1, -0.05) is 0 Å². The second kappa shape index (κ2) is 4.08. The maximum atomic E-state index is 5.79. The minimum Gasteiger partial charge on any atom is -0.330 e. The molecule has 0 atom stereocenters. The lowest BCUT2D eigenvalue weighted by molar-refractivity contribution is -0.00533. The Morgan fingerprint density at radius 3 is 2.28 bits per heavy atom. The van der Waals surface area contributed by atoms with Gasteiger partial charge < -0.3 is 5.73 Å². The van der Waals surface area contributed by atoms with Crippen LogP contribution in [-0.2, 0) is 11.8 Å². The third-order valence-corrected chi connectivity index (χ3v) is 6.71. The van der Waals surface area contributed by atoms with E-state index in [0.717, 1.165) is 30.7 Å². The summed E-state index contributed by atoms with van der Waals surface area (Å²) in [5, 5.41) is 2.30. The van der Waals surface area contributed by atoms with E-state index in [9.17, 15) is 0 Å². The number of hydrogen-bond donors (Lipinski definition) is 1. The van der Waals surface area contributed by atoms with Crippen molar-refractivity contribution in [3.8, 4) is 0 Å². The number of hydrogen-bond acceptors (Lipinski definition) is 2. The molecule has 1 aromatic heterocycles. The lowest BCUT2D eigenvalue weighted by Gasteiger charge is -2.57. The average Bonchev–Trinajstić information content (AvgIpc) is 2.76. The summed E-state index contributed by atoms with van der Waals surface area (Å²) in [4.78, 5) is 1.60. The largest absolute Gasteiger partial charge is 0.330 e. The molecule has 0 unspecified atom stereocenters. The molecular formula is C16H23NS. The lowest BCUT2D eigenvalue weighted by atomic mass is 9.48. The van der Waals surface area contributed by atoms with Crippen LogP contribution >= 0.6 is 11.3 Å². The summed E-state index contributed by atoms with van der Waals surface area (Å²) in [6, 6.07) is 2.43. The summed E-state index contributed by atoms with van der Waals surface area (Å²) in [5.74, 6) is 3.13. The van der Waals surface area contributed by atoms with Crippen LogP contribution in [0.4, 0.5) is 0 Å². The van der Waals surface area contributed by atoms with Gasteiger partial charge in [0.05, 0.1) is 0 Å². The Balaban J connectivity index is 1.72. The number of rotatable bonds is 3. The maximum Gasteiger partial charge on any atom is 0.00954 e. The summed E-state index contributed by atoms with van der Waals surface area (Å²) in [6.45, 7) is 0.805. The fraction of sp³-hybridized carbons (Fsp3) is 0.750. The molecule has 0 saturated heterocycles. The van der Waals surface area contributed by atoms with E-state index in [2.05, 4.69) is 11.4 Å². The van der Waals surface area contributed by atoms with Crippen LogP contribution < -0.4 is 5.73 Å². The topological polar surface area (TPSA) is 26.0 Å². The maximum absolute atomic E-state index is 5.79. The molecule has 5 rings (SSSR count). The highest BCUT2D eigenvalue weighted by Gasteiger charge is 2.52. The Hall–Kier alpha value is -0.340. The molecule has 18 heavy (non-hydrogen) atoms. The lowest BCUT2D eigenvalue weighted by Crippen LogP contribution is -2.48. The van der Waals surface area contributed by atoms with E-state index in [0.29, 0.717) is 5.41 Å². The molecule has 4 bridgehead atoms. The Bertz CT molecular complexity index is 412. The van der Waals surface area contributed by atoms with Gasteiger partial charge in [0, 0.05) is 4.88 Å². The van der Waals surface area contributed by atoms with E-state index in [1.54, 1.807) is 10.4 Å². The minimum atomic E-state index is 0.569. The van der Waals surface area contributed by atoms with Gasteiger partial charge in [0.1, 0.15) is 0 Å². The molecule has 4 saturated carbocycles. The van der Waals surface area contributed by atoms with E-state index >= 15 is 0 Å². The van der Waals surface area contributed by atoms with Crippen LogP contribution in [-0.4, -0.2) is 6.54 Å². The Labute approximate surface area is 114 Å². The van der Waals surface area contributed by atoms with Gasteiger partial charge in [0.15, 0.2) is 0 Å². The molecule has 2 heteroatoms. The standard InChI is InChI=1S/C16H23NS/c17-3-1-15-14(2-4-18-15)16-8-11-5-12(9-16)7-13(6-11)10-16/h2,4,11-13H,1,3,5-10,17H2. The Morgan fingerprint density at radius 1 is 1.11 bits per heavy atom. The van der Waals surface area contributed by atoms with Crippen LogP contribution in [0.2, 0.25) is 0 Å². The summed E-state index contributed by atoms with van der Waals surface area (Å²) < 4.78 is 0. The van der Waals surface area contributed by atoms with Gasteiger partial charge in [-0.05, 0) is 91.7 Å². The normalized spacial score (nSPS) is 41.5. The predicted molar refractivity (Wildman–Crippen MR) is 76.9 cm³/mol. The monoisotopic (exact) mass is 261 g/mol. The highest BCUT2D eigenvalue weighted by molar-refractivity contribution is 7.10. The first-order valence-electron chi connectivity index (χ1n) is 7.56. The molecule has 1 nitrogen and oxygen atoms in total. The van der Waals surface area contributed by atoms with Gasteiger partial charge in [-0.3, -0.25) is 0 Å². The molecule has 4 aliphatic rings. The summed E-state index contributed by atoms with van der Waals surface area (Å²) in [5.41, 5.74) is 8.06. The molecule has 0 amide bonds. The zero-order valence-corrected chi connectivity index (χ0v) is 11.8. The van der Waals surface area contributed by atoms with Gasteiger partial charge >= 0.3 is 0 Å². The Morgan fingerprint density at radius 2 is 1.72 bits per heavy atom. The molecule has 2 N–H and O–H groups in total. The van der Waals surface area contributed by atoms with Crippen molar-refractivity contribution in [2.45, 2.75) is 50.4 Å². The van der Waals surface area contributed by atoms with E-state index < -0.39 is 0 Å². The zero-order chi connectivity index (χ0) is 12.2. The van der Waals surface area contributed by atoms with Gasteiger partial charge in [-0.25, -0.2) is 0 Å². The molecular weight excluding hydrogens is 238 g/mol. The van der Waals surface area contributed by atoms with Crippen LogP contribution in [0.15, 0.2) is 11.4 Å². The van der Waals surface area contributed by atoms with Crippen LogP contribution in [0.1, 0.15) is 49.0 Å². The first-order valence-corrected chi connectivity index (χ1v) is 8.44. The SMILES string of the molecule is NCCc1sccc1C12CC3CC(CC(C3)C1)C2. The van der Waals surface area contributed by atoms with E-state index in [4.69, 9.17) is 5.73 Å². The van der Waals surface area contributed by atoms with Gasteiger partial charge in [-0.2, -0.15) is 0 Å². The molecule has 1 aromatic rings. The summed E-state index contributed by atoms with van der Waals surface area (Å²) in [6.07, 6.45) is 10.1. The van der Waals surface area contributed by atoms with Crippen LogP contribution in [0, 0.1) is 17.8 Å². The molecule has 4 aliphatic carbocycles. The smallest absolute Gasteiger partial charge is 0.00954 e. The van der Waals surface area contributed by atoms with Gasteiger partial charge in [-0.15, -0.1) is 11.3 Å². The third kappa shape index (κ3) is 1.61. The van der Waals surface area contributed by atoms with Gasteiger partial charge in [0.25, 0.3) is 0 Å². The number of thiophene rings is 1. The second-order valence-electron chi connectivity index (χ2n) is 6.99. The van der Waals surface area contributed by atoms with Crippen molar-refractivity contribution in [1.29, 1.82) is 0 Å². The highest BCUT2D eigenvalue weighted by atomic mass is 32.1. The van der Waals surface area contributed by atoms with E-state index in [1.165, 1.54) is 38.5 Å². The van der Waals surface area contributed by atoms with Crippen LogP contribution in [0.5, 0.6) is 0 Å². The van der Waals surface area contributed by atoms with Crippen molar-refractivity contribution < 1.29 is 0 Å². The average molecular weight is 261 g/mol. The van der Waals surface area contributed by atoms with E-state index in [-0.39, 0.29) is 0 Å². The van der Waals surface area contributed by atoms with Crippen molar-refractivity contribution in [2.24, 2.45) is 23.5 Å². The molecule has 4 fully saturated rings. The molecule has 1 heterocycles. The van der Waals surface area contributed by atoms with Gasteiger partial charge in [0.2, 0.25) is 0 Å². The molecule has 0 aromatic carbocycles. The highest BCUT2D eigenvalue weighted by Crippen LogP contribution is 2.61. The van der Waals surface area contributed by atoms with Crippen molar-refractivity contribution in [3.63, 3.8) is 0 Å². The molecule has 98 valence electrons. The van der Waals surface area contributed by atoms with Crippen molar-refractivity contribution in [1.82, 2.24) is 0 Å². The number of nitrogens with two attached hydrogens (primary N) is 1. The first kappa shape index (κ1) is 11.5. The minimum absolute atomic E-state index is 0.569. The molecule has 0 spiro atoms. The quantitative estimate of drug-likeness (QED) is 0.882. The fourth-order valence-corrected chi connectivity index (χ4v) is 6.59. The van der Waals surface area contributed by atoms with Crippen molar-refractivity contribution in [3.05, 3.63) is 21.9 Å². The third-order valence-electron chi connectivity index (χ3n) is 5.73. The van der Waals surface area contributed by atoms with Crippen LogP contribution in [0.25, 0.3) is 0 Å². The van der Waals surface area contributed by atoms with Crippen molar-refractivity contribution >= 4 is 11.3 Å². The Kier molecular flexibility index (Phi) is 2.60. The zero-order valence-electron chi connectivity index (χ0n) is 11.0. The van der Waals surface area contributed by atoms with Crippen molar-refractivity contribution in [2.75, 3.05) is 6.54 Å². The summed E-state index contributed by atoms with van der Waals surface area (Å²) >= 11 is 1.94.